The Kier molecular flexibility index (Phi) is 5.03. The number of amides is 2. The van der Waals surface area contributed by atoms with Crippen LogP contribution in [0.15, 0.2) is 42.6 Å². The number of hydrogen-bond acceptors (Lipinski definition) is 4. The molecule has 1 unspecified atom stereocenters. The second-order valence-corrected chi connectivity index (χ2v) is 8.59. The number of nitrogens with zero attached hydrogens (tertiary/aromatic N) is 3. The number of carbonyl (C=O) groups excluding carboxylic acids is 2. The van der Waals surface area contributed by atoms with E-state index < -0.39 is 17.7 Å². The molecule has 6 heteroatoms. The number of pyridine rings is 1. The summed E-state index contributed by atoms with van der Waals surface area (Å²) in [6.07, 6.45) is 3.64. The summed E-state index contributed by atoms with van der Waals surface area (Å²) < 4.78 is 5.52. The molecule has 29 heavy (non-hydrogen) atoms. The second kappa shape index (κ2) is 7.50. The van der Waals surface area contributed by atoms with E-state index in [0.717, 1.165) is 35.3 Å². The van der Waals surface area contributed by atoms with Crippen LogP contribution in [0.1, 0.15) is 39.2 Å². The second-order valence-electron chi connectivity index (χ2n) is 8.59. The Bertz CT molecular complexity index is 921. The van der Waals surface area contributed by atoms with Crippen LogP contribution in [0.5, 0.6) is 0 Å². The normalized spacial score (nSPS) is 18.7. The number of ether oxygens (including phenoxy) is 1. The van der Waals surface area contributed by atoms with Gasteiger partial charge in [-0.15, -0.1) is 0 Å². The molecule has 1 fully saturated rings. The number of rotatable bonds is 2. The molecular formula is C23H27N3O3. The third kappa shape index (κ3) is 3.84. The van der Waals surface area contributed by atoms with Crippen LogP contribution in [0.2, 0.25) is 0 Å². The minimum atomic E-state index is -0.578. The van der Waals surface area contributed by atoms with Gasteiger partial charge >= 0.3 is 6.09 Å². The van der Waals surface area contributed by atoms with E-state index in [1.54, 1.807) is 11.1 Å². The molecule has 1 atom stereocenters. The molecule has 0 bridgehead atoms. The zero-order chi connectivity index (χ0) is 20.6. The molecule has 0 aliphatic carbocycles. The highest BCUT2D eigenvalue weighted by atomic mass is 16.6. The number of carbonyl (C=O) groups is 2. The van der Waals surface area contributed by atoms with E-state index in [0.29, 0.717) is 19.5 Å². The van der Waals surface area contributed by atoms with Crippen molar-refractivity contribution in [1.29, 1.82) is 0 Å². The van der Waals surface area contributed by atoms with Crippen LogP contribution in [0.3, 0.4) is 0 Å². The van der Waals surface area contributed by atoms with Crippen molar-refractivity contribution in [2.45, 2.75) is 51.7 Å². The average molecular weight is 393 g/mol. The Morgan fingerprint density at radius 2 is 1.93 bits per heavy atom. The quantitative estimate of drug-likeness (QED) is 0.773. The van der Waals surface area contributed by atoms with Crippen LogP contribution >= 0.6 is 0 Å². The Hall–Kier alpha value is -2.89. The molecule has 4 rings (SSSR count). The van der Waals surface area contributed by atoms with Crippen molar-refractivity contribution in [2.24, 2.45) is 0 Å². The lowest BCUT2D eigenvalue weighted by atomic mass is 10.0. The number of aromatic nitrogens is 1. The fraction of sp³-hybridized carbons (Fsp3) is 0.435. The van der Waals surface area contributed by atoms with Gasteiger partial charge in [-0.05, 0) is 63.8 Å². The summed E-state index contributed by atoms with van der Waals surface area (Å²) in [6, 6.07) is 11.4. The van der Waals surface area contributed by atoms with E-state index in [4.69, 9.17) is 4.74 Å². The minimum Gasteiger partial charge on any atom is -0.444 e. The van der Waals surface area contributed by atoms with Gasteiger partial charge in [0.15, 0.2) is 0 Å². The fourth-order valence-electron chi connectivity index (χ4n) is 4.17. The van der Waals surface area contributed by atoms with Crippen LogP contribution in [0.25, 0.3) is 11.3 Å². The monoisotopic (exact) mass is 393 g/mol. The Morgan fingerprint density at radius 3 is 2.66 bits per heavy atom. The predicted molar refractivity (Wildman–Crippen MR) is 112 cm³/mol. The Balaban J connectivity index is 1.58. The fourth-order valence-corrected chi connectivity index (χ4v) is 4.17. The third-order valence-corrected chi connectivity index (χ3v) is 5.40. The maximum absolute atomic E-state index is 13.4. The minimum absolute atomic E-state index is 0.0229. The average Bonchev–Trinajstić information content (AvgIpc) is 3.34. The standard InChI is InChI=1S/C23H27N3O3/c1-23(2,3)29-22(28)26-14-7-11-20(26)21(27)25-15-12-17-16(8-6-10-19(17)25)18-9-4-5-13-24-18/h4-6,8-10,13,20H,7,11-12,14-15H2,1-3H3. The van der Waals surface area contributed by atoms with Crippen LogP contribution in [0.4, 0.5) is 10.5 Å². The van der Waals surface area contributed by atoms with Gasteiger partial charge in [0.25, 0.3) is 0 Å². The molecule has 1 saturated heterocycles. The number of hydrogen-bond donors (Lipinski definition) is 0. The lowest BCUT2D eigenvalue weighted by Crippen LogP contribution is -2.48. The van der Waals surface area contributed by atoms with E-state index in [9.17, 15) is 9.59 Å². The summed E-state index contributed by atoms with van der Waals surface area (Å²) in [5.41, 5.74) is 3.46. The van der Waals surface area contributed by atoms with Crippen molar-refractivity contribution < 1.29 is 14.3 Å². The lowest BCUT2D eigenvalue weighted by molar-refractivity contribution is -0.122. The van der Waals surface area contributed by atoms with Gasteiger partial charge in [0.2, 0.25) is 5.91 Å². The number of fused-ring (bicyclic) bond motifs is 1. The molecule has 1 aromatic carbocycles. The SMILES string of the molecule is CC(C)(C)OC(=O)N1CCCC1C(=O)N1CCc2c(-c3ccccn3)cccc21. The molecule has 2 aliphatic heterocycles. The van der Waals surface area contributed by atoms with Crippen molar-refractivity contribution in [2.75, 3.05) is 18.0 Å². The molecular weight excluding hydrogens is 366 g/mol. The van der Waals surface area contributed by atoms with Gasteiger partial charge < -0.3 is 9.64 Å². The van der Waals surface area contributed by atoms with Gasteiger partial charge in [0.1, 0.15) is 11.6 Å². The summed E-state index contributed by atoms with van der Waals surface area (Å²) in [4.78, 5) is 33.9. The summed E-state index contributed by atoms with van der Waals surface area (Å²) in [5.74, 6) is -0.0229. The summed E-state index contributed by atoms with van der Waals surface area (Å²) in [7, 11) is 0. The first-order valence-electron chi connectivity index (χ1n) is 10.2. The van der Waals surface area contributed by atoms with E-state index in [2.05, 4.69) is 11.1 Å². The van der Waals surface area contributed by atoms with Crippen molar-refractivity contribution in [1.82, 2.24) is 9.88 Å². The first-order chi connectivity index (χ1) is 13.8. The highest BCUT2D eigenvalue weighted by Crippen LogP contribution is 2.37. The summed E-state index contributed by atoms with van der Waals surface area (Å²) in [5, 5.41) is 0. The number of benzene rings is 1. The molecule has 3 heterocycles. The van der Waals surface area contributed by atoms with Crippen LogP contribution in [-0.4, -0.2) is 46.6 Å². The van der Waals surface area contributed by atoms with Gasteiger partial charge in [0, 0.05) is 30.5 Å². The maximum atomic E-state index is 13.4. The van der Waals surface area contributed by atoms with Crippen LogP contribution in [0, 0.1) is 0 Å². The largest absolute Gasteiger partial charge is 0.444 e. The smallest absolute Gasteiger partial charge is 0.410 e. The van der Waals surface area contributed by atoms with Crippen molar-refractivity contribution in [3.05, 3.63) is 48.2 Å². The third-order valence-electron chi connectivity index (χ3n) is 5.40. The molecule has 0 spiro atoms. The number of likely N-dealkylation sites (tertiary alicyclic amines) is 1. The summed E-state index contributed by atoms with van der Waals surface area (Å²) in [6.45, 7) is 6.70. The Morgan fingerprint density at radius 1 is 1.10 bits per heavy atom. The summed E-state index contributed by atoms with van der Waals surface area (Å²) >= 11 is 0. The van der Waals surface area contributed by atoms with Gasteiger partial charge in [-0.3, -0.25) is 14.7 Å². The maximum Gasteiger partial charge on any atom is 0.410 e. The lowest BCUT2D eigenvalue weighted by Gasteiger charge is -2.30. The molecule has 0 radical (unpaired) electrons. The van der Waals surface area contributed by atoms with Crippen molar-refractivity contribution in [3.63, 3.8) is 0 Å². The van der Waals surface area contributed by atoms with Gasteiger partial charge in [-0.1, -0.05) is 18.2 Å². The first kappa shape index (κ1) is 19.4. The van der Waals surface area contributed by atoms with Gasteiger partial charge in [-0.25, -0.2) is 4.79 Å². The predicted octanol–water partition coefficient (Wildman–Crippen LogP) is 4.04. The molecule has 0 saturated carbocycles. The van der Waals surface area contributed by atoms with E-state index in [-0.39, 0.29) is 5.91 Å². The molecule has 2 amide bonds. The van der Waals surface area contributed by atoms with E-state index >= 15 is 0 Å². The topological polar surface area (TPSA) is 62.7 Å². The van der Waals surface area contributed by atoms with Crippen molar-refractivity contribution in [3.8, 4) is 11.3 Å². The molecule has 152 valence electrons. The molecule has 2 aromatic rings. The van der Waals surface area contributed by atoms with Gasteiger partial charge in [-0.2, -0.15) is 0 Å². The number of anilines is 1. The van der Waals surface area contributed by atoms with E-state index in [1.165, 1.54) is 0 Å². The Labute approximate surface area is 171 Å². The van der Waals surface area contributed by atoms with Crippen LogP contribution in [-0.2, 0) is 16.0 Å². The zero-order valence-electron chi connectivity index (χ0n) is 17.2. The molecule has 6 nitrogen and oxygen atoms in total. The van der Waals surface area contributed by atoms with Crippen LogP contribution < -0.4 is 4.90 Å². The first-order valence-corrected chi connectivity index (χ1v) is 10.2. The molecule has 2 aliphatic rings. The zero-order valence-corrected chi connectivity index (χ0v) is 17.2. The van der Waals surface area contributed by atoms with Crippen molar-refractivity contribution >= 4 is 17.7 Å². The molecule has 0 N–H and O–H groups in total. The van der Waals surface area contributed by atoms with Gasteiger partial charge in [0.05, 0.1) is 5.69 Å². The highest BCUT2D eigenvalue weighted by molar-refractivity contribution is 6.01. The highest BCUT2D eigenvalue weighted by Gasteiger charge is 2.40. The van der Waals surface area contributed by atoms with E-state index in [1.807, 2.05) is 56.0 Å². The molecule has 1 aromatic heterocycles.